The molecule has 3 heterocycles. The Morgan fingerprint density at radius 2 is 2.33 bits per heavy atom. The predicted molar refractivity (Wildman–Crippen MR) is 82.8 cm³/mol. The number of nitrogens with one attached hydrogen (secondary N) is 2. The fourth-order valence-electron chi connectivity index (χ4n) is 2.16. The maximum atomic E-state index is 5.94. The molecule has 0 spiro atoms. The Morgan fingerprint density at radius 1 is 1.48 bits per heavy atom. The zero-order chi connectivity index (χ0) is 14.8. The molecule has 2 N–H and O–H groups in total. The van der Waals surface area contributed by atoms with E-state index in [0.29, 0.717) is 17.6 Å². The minimum Gasteiger partial charge on any atom is -0.352 e. The summed E-state index contributed by atoms with van der Waals surface area (Å²) in [5.41, 5.74) is 1.97. The largest absolute Gasteiger partial charge is 0.352 e. The molecule has 1 unspecified atom stereocenters. The van der Waals surface area contributed by atoms with Gasteiger partial charge in [0.05, 0.1) is 24.0 Å². The van der Waals surface area contributed by atoms with Crippen LogP contribution in [0.2, 0.25) is 5.02 Å². The molecule has 1 atom stereocenters. The maximum absolute atomic E-state index is 5.94. The number of nitrogens with zero attached hydrogens (tertiary/aromatic N) is 4. The Morgan fingerprint density at radius 3 is 3.00 bits per heavy atom. The SMILES string of the molecule is Cc1ccc(CNC2=NCC(C)N2)c(-n2cc(Cl)cn2)n1. The molecule has 7 heteroatoms. The lowest BCUT2D eigenvalue weighted by atomic mass is 10.2. The van der Waals surface area contributed by atoms with Gasteiger partial charge in [-0.25, -0.2) is 9.67 Å². The monoisotopic (exact) mass is 304 g/mol. The summed E-state index contributed by atoms with van der Waals surface area (Å²) in [7, 11) is 0. The van der Waals surface area contributed by atoms with Gasteiger partial charge in [0.2, 0.25) is 0 Å². The van der Waals surface area contributed by atoms with Crippen LogP contribution in [0.25, 0.3) is 5.82 Å². The number of guanidine groups is 1. The molecule has 1 aliphatic rings. The van der Waals surface area contributed by atoms with Crippen LogP contribution < -0.4 is 10.6 Å². The lowest BCUT2D eigenvalue weighted by molar-refractivity contribution is 0.711. The molecule has 0 saturated carbocycles. The Labute approximate surface area is 128 Å². The number of aromatic nitrogens is 3. The van der Waals surface area contributed by atoms with Crippen molar-refractivity contribution in [1.29, 1.82) is 0 Å². The van der Waals surface area contributed by atoms with Gasteiger partial charge in [-0.3, -0.25) is 4.99 Å². The zero-order valence-corrected chi connectivity index (χ0v) is 12.7. The van der Waals surface area contributed by atoms with Crippen LogP contribution in [0, 0.1) is 6.92 Å². The Hall–Kier alpha value is -2.08. The highest BCUT2D eigenvalue weighted by Crippen LogP contribution is 2.15. The van der Waals surface area contributed by atoms with Crippen LogP contribution in [0.1, 0.15) is 18.2 Å². The molecule has 3 rings (SSSR count). The predicted octanol–water partition coefficient (Wildman–Crippen LogP) is 1.67. The van der Waals surface area contributed by atoms with E-state index in [1.807, 2.05) is 19.1 Å². The van der Waals surface area contributed by atoms with Gasteiger partial charge in [-0.2, -0.15) is 5.10 Å². The smallest absolute Gasteiger partial charge is 0.191 e. The molecule has 6 nitrogen and oxygen atoms in total. The first-order valence-electron chi connectivity index (χ1n) is 6.84. The lowest BCUT2D eigenvalue weighted by Gasteiger charge is -2.12. The number of hydrogen-bond acceptors (Lipinski definition) is 5. The summed E-state index contributed by atoms with van der Waals surface area (Å²) in [4.78, 5) is 8.94. The summed E-state index contributed by atoms with van der Waals surface area (Å²) in [5, 5.41) is 11.4. The highest BCUT2D eigenvalue weighted by molar-refractivity contribution is 6.30. The van der Waals surface area contributed by atoms with Crippen LogP contribution >= 0.6 is 11.6 Å². The molecule has 2 aromatic heterocycles. The van der Waals surface area contributed by atoms with Gasteiger partial charge < -0.3 is 10.6 Å². The molecule has 110 valence electrons. The summed E-state index contributed by atoms with van der Waals surface area (Å²) in [5.74, 6) is 1.61. The zero-order valence-electron chi connectivity index (χ0n) is 12.0. The van der Waals surface area contributed by atoms with Crippen LogP contribution in [0.5, 0.6) is 0 Å². The molecule has 1 aliphatic heterocycles. The van der Waals surface area contributed by atoms with Crippen molar-refractivity contribution in [3.8, 4) is 5.82 Å². The highest BCUT2D eigenvalue weighted by Gasteiger charge is 2.13. The van der Waals surface area contributed by atoms with Crippen molar-refractivity contribution in [1.82, 2.24) is 25.4 Å². The number of aryl methyl sites for hydroxylation is 1. The molecule has 0 radical (unpaired) electrons. The summed E-state index contributed by atoms with van der Waals surface area (Å²) in [6.07, 6.45) is 3.35. The average molecular weight is 305 g/mol. The third-order valence-corrected chi connectivity index (χ3v) is 3.41. The quantitative estimate of drug-likeness (QED) is 0.905. The normalized spacial score (nSPS) is 17.5. The van der Waals surface area contributed by atoms with E-state index in [1.54, 1.807) is 17.1 Å². The fraction of sp³-hybridized carbons (Fsp3) is 0.357. The Balaban J connectivity index is 1.81. The highest BCUT2D eigenvalue weighted by atomic mass is 35.5. The van der Waals surface area contributed by atoms with Gasteiger partial charge in [0, 0.05) is 23.8 Å². The van der Waals surface area contributed by atoms with Gasteiger partial charge in [-0.1, -0.05) is 17.7 Å². The third-order valence-electron chi connectivity index (χ3n) is 3.22. The minimum atomic E-state index is 0.382. The van der Waals surface area contributed by atoms with Crippen LogP contribution in [-0.4, -0.2) is 33.3 Å². The van der Waals surface area contributed by atoms with Gasteiger partial charge in [0.25, 0.3) is 0 Å². The summed E-state index contributed by atoms with van der Waals surface area (Å²) in [6, 6.07) is 4.41. The van der Waals surface area contributed by atoms with Gasteiger partial charge in [-0.05, 0) is 19.9 Å². The van der Waals surface area contributed by atoms with Crippen LogP contribution in [0.3, 0.4) is 0 Å². The van der Waals surface area contributed by atoms with E-state index in [4.69, 9.17) is 11.6 Å². The molecular weight excluding hydrogens is 288 g/mol. The molecule has 0 fully saturated rings. The van der Waals surface area contributed by atoms with Crippen molar-refractivity contribution in [3.63, 3.8) is 0 Å². The number of halogens is 1. The number of aliphatic imine (C=N–C) groups is 1. The maximum Gasteiger partial charge on any atom is 0.191 e. The van der Waals surface area contributed by atoms with Gasteiger partial charge >= 0.3 is 0 Å². The van der Waals surface area contributed by atoms with E-state index in [0.717, 1.165) is 29.6 Å². The average Bonchev–Trinajstić information content (AvgIpc) is 3.06. The van der Waals surface area contributed by atoms with E-state index < -0.39 is 0 Å². The first-order valence-corrected chi connectivity index (χ1v) is 7.21. The van der Waals surface area contributed by atoms with Crippen molar-refractivity contribution >= 4 is 17.6 Å². The second kappa shape index (κ2) is 5.73. The van der Waals surface area contributed by atoms with Crippen molar-refractivity contribution < 1.29 is 0 Å². The molecule has 0 amide bonds. The Kier molecular flexibility index (Phi) is 3.79. The van der Waals surface area contributed by atoms with Gasteiger partial charge in [-0.15, -0.1) is 0 Å². The topological polar surface area (TPSA) is 67.1 Å². The third kappa shape index (κ3) is 3.16. The molecule has 0 aliphatic carbocycles. The van der Waals surface area contributed by atoms with Crippen molar-refractivity contribution in [2.75, 3.05) is 6.54 Å². The molecule has 21 heavy (non-hydrogen) atoms. The van der Waals surface area contributed by atoms with Crippen molar-refractivity contribution in [3.05, 3.63) is 40.8 Å². The minimum absolute atomic E-state index is 0.382. The first kappa shape index (κ1) is 13.9. The van der Waals surface area contributed by atoms with E-state index in [2.05, 4.69) is 32.6 Å². The molecule has 0 saturated heterocycles. The van der Waals surface area contributed by atoms with Gasteiger partial charge in [0.15, 0.2) is 11.8 Å². The van der Waals surface area contributed by atoms with Crippen molar-refractivity contribution in [2.45, 2.75) is 26.4 Å². The molecule has 2 aromatic rings. The van der Waals surface area contributed by atoms with Gasteiger partial charge in [0.1, 0.15) is 0 Å². The van der Waals surface area contributed by atoms with E-state index in [9.17, 15) is 0 Å². The summed E-state index contributed by atoms with van der Waals surface area (Å²) < 4.78 is 1.69. The summed E-state index contributed by atoms with van der Waals surface area (Å²) in [6.45, 7) is 5.48. The van der Waals surface area contributed by atoms with Crippen molar-refractivity contribution in [2.24, 2.45) is 4.99 Å². The molecule has 0 bridgehead atoms. The molecular formula is C14H17ClN6. The second-order valence-electron chi connectivity index (χ2n) is 5.13. The van der Waals surface area contributed by atoms with E-state index in [-0.39, 0.29) is 0 Å². The fourth-order valence-corrected chi connectivity index (χ4v) is 2.30. The second-order valence-corrected chi connectivity index (χ2v) is 5.56. The number of rotatable bonds is 3. The Bertz CT molecular complexity index is 678. The van der Waals surface area contributed by atoms with E-state index >= 15 is 0 Å². The van der Waals surface area contributed by atoms with Crippen LogP contribution in [0.4, 0.5) is 0 Å². The number of pyridine rings is 1. The first-order chi connectivity index (χ1) is 10.1. The standard InChI is InChI=1S/C14H17ClN6/c1-9-3-4-11(6-17-14-16-5-10(2)20-14)13(19-9)21-8-12(15)7-18-21/h3-4,7-8,10H,5-6H2,1-2H3,(H2,16,17,20). The van der Waals surface area contributed by atoms with Crippen LogP contribution in [-0.2, 0) is 6.54 Å². The van der Waals surface area contributed by atoms with Crippen LogP contribution in [0.15, 0.2) is 29.5 Å². The van der Waals surface area contributed by atoms with E-state index in [1.165, 1.54) is 0 Å². The molecule has 0 aromatic carbocycles. The lowest BCUT2D eigenvalue weighted by Crippen LogP contribution is -2.37. The number of hydrogen-bond donors (Lipinski definition) is 2. The summed E-state index contributed by atoms with van der Waals surface area (Å²) >= 11 is 5.94.